The van der Waals surface area contributed by atoms with Gasteiger partial charge in [-0.2, -0.15) is 0 Å². The summed E-state index contributed by atoms with van der Waals surface area (Å²) >= 11 is 0. The third-order valence-electron chi connectivity index (χ3n) is 3.21. The van der Waals surface area contributed by atoms with Crippen LogP contribution in [0.2, 0.25) is 0 Å². The molecule has 0 aliphatic heterocycles. The molecule has 2 aromatic carbocycles. The van der Waals surface area contributed by atoms with E-state index in [0.29, 0.717) is 19.4 Å². The van der Waals surface area contributed by atoms with Crippen molar-refractivity contribution in [1.29, 1.82) is 0 Å². The van der Waals surface area contributed by atoms with E-state index >= 15 is 0 Å². The fourth-order valence-electron chi connectivity index (χ4n) is 1.99. The number of benzene rings is 2. The Morgan fingerprint density at radius 3 is 2.43 bits per heavy atom. The van der Waals surface area contributed by atoms with Gasteiger partial charge in [-0.05, 0) is 42.7 Å². The van der Waals surface area contributed by atoms with Gasteiger partial charge in [-0.1, -0.05) is 37.3 Å². The summed E-state index contributed by atoms with van der Waals surface area (Å²) < 4.78 is 5.63. The van der Waals surface area contributed by atoms with Gasteiger partial charge in [-0.25, -0.2) is 0 Å². The molecule has 0 unspecified atom stereocenters. The average molecular weight is 283 g/mol. The second-order valence-electron chi connectivity index (χ2n) is 4.86. The summed E-state index contributed by atoms with van der Waals surface area (Å²) in [4.78, 5) is 11.7. The maximum Gasteiger partial charge on any atom is 0.224 e. The predicted molar refractivity (Wildman–Crippen MR) is 85.6 cm³/mol. The zero-order chi connectivity index (χ0) is 14.9. The van der Waals surface area contributed by atoms with Gasteiger partial charge in [0, 0.05) is 12.1 Å². The minimum Gasteiger partial charge on any atom is -0.494 e. The van der Waals surface area contributed by atoms with E-state index in [1.54, 1.807) is 0 Å². The molecule has 0 aromatic heterocycles. The number of carbonyl (C=O) groups excluding carboxylic acids is 1. The zero-order valence-electron chi connectivity index (χ0n) is 12.3. The number of rotatable bonds is 7. The molecule has 1 amide bonds. The molecule has 110 valence electrons. The molecule has 0 fully saturated rings. The van der Waals surface area contributed by atoms with Crippen molar-refractivity contribution in [2.24, 2.45) is 0 Å². The summed E-state index contributed by atoms with van der Waals surface area (Å²) in [5, 5.41) is 2.86. The Bertz CT molecular complexity index is 549. The fraction of sp³-hybridized carbons (Fsp3) is 0.278. The smallest absolute Gasteiger partial charge is 0.224 e. The molecule has 2 aromatic rings. The number of amides is 1. The van der Waals surface area contributed by atoms with Gasteiger partial charge in [0.2, 0.25) is 5.91 Å². The van der Waals surface area contributed by atoms with Crippen LogP contribution in [0.3, 0.4) is 0 Å². The molecule has 3 nitrogen and oxygen atoms in total. The summed E-state index contributed by atoms with van der Waals surface area (Å²) in [7, 11) is 0. The molecular formula is C18H21NO2. The van der Waals surface area contributed by atoms with E-state index in [4.69, 9.17) is 4.74 Å². The first kappa shape index (κ1) is 15.1. The molecule has 0 aliphatic rings. The third-order valence-corrected chi connectivity index (χ3v) is 3.21. The van der Waals surface area contributed by atoms with E-state index in [1.165, 1.54) is 5.56 Å². The average Bonchev–Trinajstić information content (AvgIpc) is 2.53. The van der Waals surface area contributed by atoms with Crippen molar-refractivity contribution in [2.75, 3.05) is 11.9 Å². The third kappa shape index (κ3) is 5.30. The van der Waals surface area contributed by atoms with Gasteiger partial charge >= 0.3 is 0 Å². The predicted octanol–water partition coefficient (Wildman–Crippen LogP) is 4.05. The van der Waals surface area contributed by atoms with Crippen LogP contribution in [0.4, 0.5) is 5.69 Å². The molecule has 1 N–H and O–H groups in total. The van der Waals surface area contributed by atoms with E-state index in [1.807, 2.05) is 42.5 Å². The number of anilines is 1. The highest BCUT2D eigenvalue weighted by molar-refractivity contribution is 5.90. The number of hydrogen-bond donors (Lipinski definition) is 1. The molecule has 0 atom stereocenters. The quantitative estimate of drug-likeness (QED) is 0.779. The zero-order valence-corrected chi connectivity index (χ0v) is 12.3. The Morgan fingerprint density at radius 1 is 1.05 bits per heavy atom. The van der Waals surface area contributed by atoms with Crippen LogP contribution in [0, 0.1) is 0 Å². The van der Waals surface area contributed by atoms with Gasteiger partial charge in [0.05, 0.1) is 6.61 Å². The van der Waals surface area contributed by atoms with Crippen molar-refractivity contribution in [3.63, 3.8) is 0 Å². The molecule has 3 heteroatoms. The molecule has 0 saturated heterocycles. The first-order chi connectivity index (χ1) is 10.3. The van der Waals surface area contributed by atoms with Crippen molar-refractivity contribution < 1.29 is 9.53 Å². The van der Waals surface area contributed by atoms with Gasteiger partial charge in [-0.3, -0.25) is 4.79 Å². The Labute approximate surface area is 126 Å². The minimum absolute atomic E-state index is 0.0196. The molecule has 21 heavy (non-hydrogen) atoms. The number of nitrogens with one attached hydrogen (secondary N) is 1. The van der Waals surface area contributed by atoms with Gasteiger partial charge in [0.1, 0.15) is 5.75 Å². The standard InChI is InChI=1S/C18H21NO2/c1-2-15-10-12-17(13-11-15)21-14-6-9-18(20)19-16-7-4-3-5-8-16/h3-5,7-8,10-13H,2,6,9,14H2,1H3,(H,19,20). The molecule has 0 aliphatic carbocycles. The van der Waals surface area contributed by atoms with Crippen LogP contribution in [0.15, 0.2) is 54.6 Å². The summed E-state index contributed by atoms with van der Waals surface area (Å²) in [6.45, 7) is 2.68. The first-order valence-electron chi connectivity index (χ1n) is 7.34. The Morgan fingerprint density at radius 2 is 1.76 bits per heavy atom. The number of hydrogen-bond acceptors (Lipinski definition) is 2. The highest BCUT2D eigenvalue weighted by atomic mass is 16.5. The van der Waals surface area contributed by atoms with Crippen molar-refractivity contribution in [1.82, 2.24) is 0 Å². The largest absolute Gasteiger partial charge is 0.494 e. The number of aryl methyl sites for hydroxylation is 1. The van der Waals surface area contributed by atoms with Crippen LogP contribution >= 0.6 is 0 Å². The topological polar surface area (TPSA) is 38.3 Å². The van der Waals surface area contributed by atoms with Crippen molar-refractivity contribution in [3.8, 4) is 5.75 Å². The highest BCUT2D eigenvalue weighted by Crippen LogP contribution is 2.13. The summed E-state index contributed by atoms with van der Waals surface area (Å²) in [6.07, 6.45) is 2.19. The highest BCUT2D eigenvalue weighted by Gasteiger charge is 2.02. The molecule has 0 radical (unpaired) electrons. The van der Waals surface area contributed by atoms with Crippen molar-refractivity contribution >= 4 is 11.6 Å². The molecular weight excluding hydrogens is 262 g/mol. The molecule has 0 saturated carbocycles. The molecule has 0 heterocycles. The molecule has 0 spiro atoms. The molecule has 0 bridgehead atoms. The fourth-order valence-corrected chi connectivity index (χ4v) is 1.99. The van der Waals surface area contributed by atoms with Gasteiger partial charge < -0.3 is 10.1 Å². The second kappa shape index (κ2) is 8.10. The van der Waals surface area contributed by atoms with E-state index in [2.05, 4.69) is 24.4 Å². The van der Waals surface area contributed by atoms with Crippen molar-refractivity contribution in [3.05, 3.63) is 60.2 Å². The van der Waals surface area contributed by atoms with E-state index < -0.39 is 0 Å². The van der Waals surface area contributed by atoms with Crippen LogP contribution in [-0.4, -0.2) is 12.5 Å². The normalized spacial score (nSPS) is 10.1. The van der Waals surface area contributed by atoms with Gasteiger partial charge in [0.25, 0.3) is 0 Å². The Kier molecular flexibility index (Phi) is 5.83. The maximum atomic E-state index is 11.7. The summed E-state index contributed by atoms with van der Waals surface area (Å²) in [5.74, 6) is 0.877. The Balaban J connectivity index is 1.66. The lowest BCUT2D eigenvalue weighted by atomic mass is 10.2. The van der Waals surface area contributed by atoms with Crippen LogP contribution in [0.5, 0.6) is 5.75 Å². The monoisotopic (exact) mass is 283 g/mol. The Hall–Kier alpha value is -2.29. The van der Waals surface area contributed by atoms with Crippen LogP contribution in [-0.2, 0) is 11.2 Å². The minimum atomic E-state index is 0.0196. The summed E-state index contributed by atoms with van der Waals surface area (Å²) in [5.41, 5.74) is 2.13. The first-order valence-corrected chi connectivity index (χ1v) is 7.34. The second-order valence-corrected chi connectivity index (χ2v) is 4.86. The number of carbonyl (C=O) groups is 1. The van der Waals surface area contributed by atoms with Crippen LogP contribution in [0.1, 0.15) is 25.3 Å². The SMILES string of the molecule is CCc1ccc(OCCCC(=O)Nc2ccccc2)cc1. The van der Waals surface area contributed by atoms with E-state index in [0.717, 1.165) is 17.9 Å². The lowest BCUT2D eigenvalue weighted by Crippen LogP contribution is -2.12. The summed E-state index contributed by atoms with van der Waals surface area (Å²) in [6, 6.07) is 17.6. The number of para-hydroxylation sites is 1. The lowest BCUT2D eigenvalue weighted by Gasteiger charge is -2.07. The van der Waals surface area contributed by atoms with E-state index in [9.17, 15) is 4.79 Å². The van der Waals surface area contributed by atoms with Crippen LogP contribution < -0.4 is 10.1 Å². The van der Waals surface area contributed by atoms with Gasteiger partial charge in [-0.15, -0.1) is 0 Å². The van der Waals surface area contributed by atoms with E-state index in [-0.39, 0.29) is 5.91 Å². The number of ether oxygens (including phenoxy) is 1. The van der Waals surface area contributed by atoms with Gasteiger partial charge in [0.15, 0.2) is 0 Å². The van der Waals surface area contributed by atoms with Crippen LogP contribution in [0.25, 0.3) is 0 Å². The van der Waals surface area contributed by atoms with Crippen molar-refractivity contribution in [2.45, 2.75) is 26.2 Å². The molecule has 2 rings (SSSR count). The lowest BCUT2D eigenvalue weighted by molar-refractivity contribution is -0.116. The maximum absolute atomic E-state index is 11.7.